The highest BCUT2D eigenvalue weighted by Crippen LogP contribution is 2.38. The Bertz CT molecular complexity index is 563. The predicted octanol–water partition coefficient (Wildman–Crippen LogP) is 2.23. The van der Waals surface area contributed by atoms with E-state index in [4.69, 9.17) is 15.2 Å². The van der Waals surface area contributed by atoms with Crippen molar-refractivity contribution in [3.05, 3.63) is 29.8 Å². The summed E-state index contributed by atoms with van der Waals surface area (Å²) in [6.07, 6.45) is 1.65. The molecule has 24 heavy (non-hydrogen) atoms. The molecule has 6 heteroatoms. The molecule has 0 bridgehead atoms. The summed E-state index contributed by atoms with van der Waals surface area (Å²) in [5.41, 5.74) is 7.35. The third kappa shape index (κ3) is 3.85. The summed E-state index contributed by atoms with van der Waals surface area (Å²) in [4.78, 5) is 12.5. The minimum atomic E-state index is -0.472. The van der Waals surface area contributed by atoms with E-state index in [1.54, 1.807) is 0 Å². The molecule has 4 unspecified atom stereocenters. The number of carbonyl (C=O) groups is 1. The second-order valence-corrected chi connectivity index (χ2v) is 6.68. The van der Waals surface area contributed by atoms with Gasteiger partial charge in [-0.15, -0.1) is 12.4 Å². The number of carbonyl (C=O) groups excluding carboxylic acids is 1. The second-order valence-electron chi connectivity index (χ2n) is 6.68. The van der Waals surface area contributed by atoms with Gasteiger partial charge in [-0.1, -0.05) is 25.1 Å². The van der Waals surface area contributed by atoms with Gasteiger partial charge in [0.05, 0.1) is 12.1 Å². The van der Waals surface area contributed by atoms with E-state index in [-0.39, 0.29) is 42.3 Å². The number of benzene rings is 1. The van der Waals surface area contributed by atoms with Crippen LogP contribution in [0.2, 0.25) is 0 Å². The Morgan fingerprint density at radius 2 is 1.96 bits per heavy atom. The first-order valence-electron chi connectivity index (χ1n) is 8.47. The second kappa shape index (κ2) is 8.19. The molecule has 2 aliphatic rings. The van der Waals surface area contributed by atoms with Crippen LogP contribution in [-0.2, 0) is 9.53 Å². The Morgan fingerprint density at radius 3 is 2.62 bits per heavy atom. The Morgan fingerprint density at radius 1 is 1.29 bits per heavy atom. The average Bonchev–Trinajstić information content (AvgIpc) is 2.92. The number of amides is 1. The Balaban J connectivity index is 0.00000208. The van der Waals surface area contributed by atoms with Gasteiger partial charge in [-0.25, -0.2) is 0 Å². The van der Waals surface area contributed by atoms with Crippen LogP contribution in [0.5, 0.6) is 5.75 Å². The average molecular weight is 355 g/mol. The van der Waals surface area contributed by atoms with Gasteiger partial charge < -0.3 is 20.5 Å². The maximum atomic E-state index is 12.5. The monoisotopic (exact) mass is 354 g/mol. The number of nitrogens with one attached hydrogen (secondary N) is 1. The van der Waals surface area contributed by atoms with E-state index < -0.39 is 6.04 Å². The topological polar surface area (TPSA) is 73.6 Å². The number of fused-ring (bicyclic) bond motifs is 1. The minimum Gasteiger partial charge on any atom is -0.487 e. The van der Waals surface area contributed by atoms with Gasteiger partial charge in [0.15, 0.2) is 0 Å². The fraction of sp³-hybridized carbons (Fsp3) is 0.611. The van der Waals surface area contributed by atoms with E-state index in [2.05, 4.69) is 18.3 Å². The van der Waals surface area contributed by atoms with Crippen LogP contribution in [0.3, 0.4) is 0 Å². The highest BCUT2D eigenvalue weighted by molar-refractivity contribution is 5.85. The van der Waals surface area contributed by atoms with Crippen molar-refractivity contribution in [1.29, 1.82) is 0 Å². The number of para-hydroxylation sites is 1. The zero-order valence-corrected chi connectivity index (χ0v) is 15.1. The maximum absolute atomic E-state index is 12.5. The van der Waals surface area contributed by atoms with Crippen LogP contribution in [0.25, 0.3) is 0 Å². The molecule has 2 aliphatic heterocycles. The van der Waals surface area contributed by atoms with Crippen LogP contribution in [-0.4, -0.2) is 37.3 Å². The third-order valence-corrected chi connectivity index (χ3v) is 5.10. The number of halogens is 1. The van der Waals surface area contributed by atoms with Crippen molar-refractivity contribution in [2.45, 2.75) is 50.8 Å². The van der Waals surface area contributed by atoms with Crippen molar-refractivity contribution in [3.63, 3.8) is 0 Å². The lowest BCUT2D eigenvalue weighted by atomic mass is 9.90. The van der Waals surface area contributed by atoms with Gasteiger partial charge in [0.2, 0.25) is 5.91 Å². The molecule has 3 N–H and O–H groups in total. The fourth-order valence-corrected chi connectivity index (χ4v) is 3.62. The molecule has 1 fully saturated rings. The van der Waals surface area contributed by atoms with Crippen LogP contribution < -0.4 is 15.8 Å². The summed E-state index contributed by atoms with van der Waals surface area (Å²) in [5, 5.41) is 3.05. The first-order valence-corrected chi connectivity index (χ1v) is 8.47. The van der Waals surface area contributed by atoms with Crippen molar-refractivity contribution in [3.8, 4) is 5.75 Å². The number of nitrogens with two attached hydrogens (primary N) is 1. The van der Waals surface area contributed by atoms with Gasteiger partial charge in [0, 0.05) is 24.7 Å². The molecule has 0 spiro atoms. The Labute approximate surface area is 149 Å². The standard InChI is InChI=1S/C18H26N2O3.ClH/c1-11-14-5-3-4-6-15(14)23-17(11)12(2)20-18(21)16(19)13-7-9-22-10-8-13;/h3-6,11-13,16-17H,7-10,19H2,1-2H3,(H,20,21);1H. The summed E-state index contributed by atoms with van der Waals surface area (Å²) in [6.45, 7) is 5.51. The summed E-state index contributed by atoms with van der Waals surface area (Å²) in [7, 11) is 0. The number of rotatable bonds is 4. The molecule has 0 saturated carbocycles. The number of ether oxygens (including phenoxy) is 2. The summed E-state index contributed by atoms with van der Waals surface area (Å²) in [5.74, 6) is 1.28. The molecule has 4 atom stereocenters. The molecule has 3 rings (SSSR count). The number of hydrogen-bond donors (Lipinski definition) is 2. The van der Waals surface area contributed by atoms with E-state index >= 15 is 0 Å². The summed E-state index contributed by atoms with van der Waals surface area (Å²) >= 11 is 0. The molecule has 2 heterocycles. The first kappa shape index (κ1) is 19.0. The quantitative estimate of drug-likeness (QED) is 0.869. The smallest absolute Gasteiger partial charge is 0.237 e. The molecule has 0 radical (unpaired) electrons. The molecule has 0 aromatic heterocycles. The minimum absolute atomic E-state index is 0. The molecule has 1 saturated heterocycles. The third-order valence-electron chi connectivity index (χ3n) is 5.10. The Kier molecular flexibility index (Phi) is 6.49. The molecule has 0 aliphatic carbocycles. The van der Waals surface area contributed by atoms with Crippen molar-refractivity contribution in [2.24, 2.45) is 11.7 Å². The lowest BCUT2D eigenvalue weighted by Crippen LogP contribution is -2.53. The summed E-state index contributed by atoms with van der Waals surface area (Å²) < 4.78 is 11.4. The van der Waals surface area contributed by atoms with Crippen LogP contribution in [0, 0.1) is 5.92 Å². The van der Waals surface area contributed by atoms with Gasteiger partial charge in [-0.05, 0) is 31.7 Å². The molecule has 5 nitrogen and oxygen atoms in total. The van der Waals surface area contributed by atoms with Gasteiger partial charge in [0.25, 0.3) is 0 Å². The molecule has 1 amide bonds. The molecular weight excluding hydrogens is 328 g/mol. The van der Waals surface area contributed by atoms with Gasteiger partial charge >= 0.3 is 0 Å². The van der Waals surface area contributed by atoms with Crippen LogP contribution in [0.15, 0.2) is 24.3 Å². The van der Waals surface area contributed by atoms with Crippen molar-refractivity contribution >= 4 is 18.3 Å². The maximum Gasteiger partial charge on any atom is 0.237 e. The van der Waals surface area contributed by atoms with E-state index in [1.807, 2.05) is 25.1 Å². The van der Waals surface area contributed by atoms with Gasteiger partial charge in [0.1, 0.15) is 11.9 Å². The zero-order valence-electron chi connectivity index (χ0n) is 14.2. The van der Waals surface area contributed by atoms with Gasteiger partial charge in [-0.2, -0.15) is 0 Å². The Hall–Kier alpha value is -1.30. The first-order chi connectivity index (χ1) is 11.1. The van der Waals surface area contributed by atoms with Crippen molar-refractivity contribution in [1.82, 2.24) is 5.32 Å². The van der Waals surface area contributed by atoms with E-state index in [0.717, 1.165) is 18.6 Å². The molecular formula is C18H27ClN2O3. The van der Waals surface area contributed by atoms with E-state index in [9.17, 15) is 4.79 Å². The fourth-order valence-electron chi connectivity index (χ4n) is 3.62. The van der Waals surface area contributed by atoms with Crippen LogP contribution >= 0.6 is 12.4 Å². The highest BCUT2D eigenvalue weighted by Gasteiger charge is 2.36. The van der Waals surface area contributed by atoms with Crippen LogP contribution in [0.1, 0.15) is 38.2 Å². The normalized spacial score (nSPS) is 25.8. The molecule has 1 aromatic rings. The number of hydrogen-bond acceptors (Lipinski definition) is 4. The van der Waals surface area contributed by atoms with Crippen molar-refractivity contribution in [2.75, 3.05) is 13.2 Å². The molecule has 134 valence electrons. The lowest BCUT2D eigenvalue weighted by Gasteiger charge is -2.29. The van der Waals surface area contributed by atoms with Crippen LogP contribution in [0.4, 0.5) is 0 Å². The van der Waals surface area contributed by atoms with E-state index in [0.29, 0.717) is 13.2 Å². The lowest BCUT2D eigenvalue weighted by molar-refractivity contribution is -0.125. The predicted molar refractivity (Wildman–Crippen MR) is 95.6 cm³/mol. The highest BCUT2D eigenvalue weighted by atomic mass is 35.5. The molecule has 1 aromatic carbocycles. The van der Waals surface area contributed by atoms with E-state index in [1.165, 1.54) is 5.56 Å². The van der Waals surface area contributed by atoms with Crippen molar-refractivity contribution < 1.29 is 14.3 Å². The zero-order chi connectivity index (χ0) is 16.4. The van der Waals surface area contributed by atoms with Gasteiger partial charge in [-0.3, -0.25) is 4.79 Å². The SMILES string of the molecule is CC(NC(=O)C(N)C1CCOCC1)C1Oc2ccccc2C1C.Cl. The largest absolute Gasteiger partial charge is 0.487 e. The summed E-state index contributed by atoms with van der Waals surface area (Å²) in [6, 6.07) is 7.50.